The van der Waals surface area contributed by atoms with E-state index in [2.05, 4.69) is 0 Å². The lowest BCUT2D eigenvalue weighted by atomic mass is 10.1. The first-order valence-electron chi connectivity index (χ1n) is 10.4. The summed E-state index contributed by atoms with van der Waals surface area (Å²) in [6, 6.07) is 19.2. The van der Waals surface area contributed by atoms with E-state index >= 15 is 0 Å². The van der Waals surface area contributed by atoms with E-state index in [0.29, 0.717) is 30.4 Å². The van der Waals surface area contributed by atoms with Crippen molar-refractivity contribution >= 4 is 27.5 Å². The summed E-state index contributed by atoms with van der Waals surface area (Å²) in [4.78, 5) is 14.3. The number of carbonyl (C=O) groups is 1. The lowest BCUT2D eigenvalue weighted by molar-refractivity contribution is 0.0989. The van der Waals surface area contributed by atoms with Gasteiger partial charge in [-0.1, -0.05) is 42.5 Å². The molecule has 0 spiro atoms. The minimum atomic E-state index is -4.75. The van der Waals surface area contributed by atoms with Gasteiger partial charge in [0.05, 0.1) is 4.90 Å². The van der Waals surface area contributed by atoms with E-state index in [1.54, 1.807) is 18.2 Å². The van der Waals surface area contributed by atoms with Gasteiger partial charge in [0.1, 0.15) is 13.2 Å². The molecular formula is C25H21F2NO5S. The normalized spacial score (nSPS) is 13.3. The molecule has 0 saturated heterocycles. The lowest BCUT2D eigenvalue weighted by Gasteiger charge is -2.25. The highest BCUT2D eigenvalue weighted by Crippen LogP contribution is 2.34. The van der Waals surface area contributed by atoms with Crippen molar-refractivity contribution in [2.75, 3.05) is 24.7 Å². The molecule has 0 bridgehead atoms. The third kappa shape index (κ3) is 5.09. The highest BCUT2D eigenvalue weighted by atomic mass is 32.2. The summed E-state index contributed by atoms with van der Waals surface area (Å²) in [5.41, 5.74) is 1.64. The van der Waals surface area contributed by atoms with Crippen LogP contribution in [0.1, 0.15) is 15.9 Å². The predicted molar refractivity (Wildman–Crippen MR) is 124 cm³/mol. The van der Waals surface area contributed by atoms with Crippen LogP contribution in [0.15, 0.2) is 83.8 Å². The third-order valence-corrected chi connectivity index (χ3v) is 6.54. The Morgan fingerprint density at radius 1 is 0.941 bits per heavy atom. The van der Waals surface area contributed by atoms with Gasteiger partial charge in [0.25, 0.3) is 5.91 Å². The molecule has 3 aromatic rings. The molecule has 176 valence electrons. The Bertz CT molecular complexity index is 1290. The summed E-state index contributed by atoms with van der Waals surface area (Å²) in [6.07, 6.45) is 3.69. The number of anilines is 1. The summed E-state index contributed by atoms with van der Waals surface area (Å²) >= 11 is 0. The molecule has 0 N–H and O–H groups in total. The van der Waals surface area contributed by atoms with E-state index in [-0.39, 0.29) is 12.1 Å². The fourth-order valence-electron chi connectivity index (χ4n) is 3.41. The number of rotatable bonds is 7. The van der Waals surface area contributed by atoms with Crippen LogP contribution in [0.3, 0.4) is 0 Å². The summed E-state index contributed by atoms with van der Waals surface area (Å²) in [5, 5.41) is 0. The standard InChI is InChI=1S/C25H21F2NO5S/c26-25(27)34(30,31)21-11-8-19(9-12-21)24(29)28(14-4-7-18-5-2-1-3-6-18)20-10-13-22-23(17-20)33-16-15-32-22/h1-13,17,25H,14-16H2/b7-4+. The molecule has 4 rings (SSSR count). The first-order valence-corrected chi connectivity index (χ1v) is 12.0. The van der Waals surface area contributed by atoms with Crippen LogP contribution in [0.4, 0.5) is 14.5 Å². The Hall–Kier alpha value is -3.72. The number of hydrogen-bond acceptors (Lipinski definition) is 5. The number of carbonyl (C=O) groups excluding carboxylic acids is 1. The summed E-state index contributed by atoms with van der Waals surface area (Å²) in [5.74, 6) is -2.89. The largest absolute Gasteiger partial charge is 0.486 e. The second-order valence-electron chi connectivity index (χ2n) is 7.39. The van der Waals surface area contributed by atoms with Gasteiger partial charge in [-0.25, -0.2) is 8.42 Å². The summed E-state index contributed by atoms with van der Waals surface area (Å²) in [6.45, 7) is 1.02. The van der Waals surface area contributed by atoms with Gasteiger partial charge in [0.15, 0.2) is 11.5 Å². The van der Waals surface area contributed by atoms with Gasteiger partial charge in [-0.15, -0.1) is 0 Å². The number of ether oxygens (including phenoxy) is 2. The monoisotopic (exact) mass is 485 g/mol. The van der Waals surface area contributed by atoms with Gasteiger partial charge in [0, 0.05) is 23.9 Å². The molecule has 0 saturated carbocycles. The fourth-order valence-corrected chi connectivity index (χ4v) is 4.13. The average molecular weight is 486 g/mol. The quantitative estimate of drug-likeness (QED) is 0.480. The molecule has 6 nitrogen and oxygen atoms in total. The average Bonchev–Trinajstić information content (AvgIpc) is 2.86. The van der Waals surface area contributed by atoms with Crippen molar-refractivity contribution in [1.29, 1.82) is 0 Å². The smallest absolute Gasteiger partial charge is 0.341 e. The maximum atomic E-state index is 13.4. The second kappa shape index (κ2) is 10.0. The van der Waals surface area contributed by atoms with Crippen LogP contribution in [-0.4, -0.2) is 39.8 Å². The predicted octanol–water partition coefficient (Wildman–Crippen LogP) is 4.81. The van der Waals surface area contributed by atoms with Crippen molar-refractivity contribution in [3.05, 3.63) is 90.0 Å². The lowest BCUT2D eigenvalue weighted by Crippen LogP contribution is -2.31. The topological polar surface area (TPSA) is 72.9 Å². The SMILES string of the molecule is O=C(c1ccc(S(=O)(=O)C(F)F)cc1)N(C/C=C/c1ccccc1)c1ccc2c(c1)OCCO2. The van der Waals surface area contributed by atoms with Gasteiger partial charge in [-0.05, 0) is 42.0 Å². The first-order chi connectivity index (χ1) is 16.4. The number of benzene rings is 3. The molecular weight excluding hydrogens is 464 g/mol. The third-order valence-electron chi connectivity index (χ3n) is 5.14. The van der Waals surface area contributed by atoms with E-state index in [0.717, 1.165) is 17.7 Å². The number of fused-ring (bicyclic) bond motifs is 1. The van der Waals surface area contributed by atoms with Crippen LogP contribution in [0.5, 0.6) is 11.5 Å². The van der Waals surface area contributed by atoms with Gasteiger partial charge in [-0.2, -0.15) is 8.78 Å². The van der Waals surface area contributed by atoms with E-state index in [1.807, 2.05) is 42.5 Å². The maximum Gasteiger partial charge on any atom is 0.341 e. The molecule has 0 aromatic heterocycles. The van der Waals surface area contributed by atoms with Gasteiger partial charge in [0.2, 0.25) is 9.84 Å². The van der Waals surface area contributed by atoms with E-state index in [9.17, 15) is 22.0 Å². The molecule has 34 heavy (non-hydrogen) atoms. The van der Waals surface area contributed by atoms with E-state index in [4.69, 9.17) is 9.47 Å². The molecule has 9 heteroatoms. The van der Waals surface area contributed by atoms with Crippen molar-refractivity contribution in [2.24, 2.45) is 0 Å². The number of hydrogen-bond donors (Lipinski definition) is 0. The first kappa shape index (κ1) is 23.4. The Morgan fingerprint density at radius 2 is 1.62 bits per heavy atom. The number of halogens is 2. The van der Waals surface area contributed by atoms with Crippen LogP contribution < -0.4 is 14.4 Å². The van der Waals surface area contributed by atoms with Crippen molar-refractivity contribution in [1.82, 2.24) is 0 Å². The molecule has 1 amide bonds. The highest BCUT2D eigenvalue weighted by molar-refractivity contribution is 7.91. The molecule has 1 heterocycles. The van der Waals surface area contributed by atoms with Crippen LogP contribution in [0.25, 0.3) is 6.08 Å². The molecule has 0 aliphatic carbocycles. The highest BCUT2D eigenvalue weighted by Gasteiger charge is 2.27. The number of nitrogens with zero attached hydrogens (tertiary/aromatic N) is 1. The summed E-state index contributed by atoms with van der Waals surface area (Å²) < 4.78 is 60.2. The molecule has 0 fully saturated rings. The van der Waals surface area contributed by atoms with Crippen LogP contribution >= 0.6 is 0 Å². The van der Waals surface area contributed by atoms with Crippen LogP contribution in [0, 0.1) is 0 Å². The van der Waals surface area contributed by atoms with Crippen molar-refractivity contribution in [3.63, 3.8) is 0 Å². The van der Waals surface area contributed by atoms with E-state index in [1.165, 1.54) is 17.0 Å². The van der Waals surface area contributed by atoms with Gasteiger partial charge >= 0.3 is 5.76 Å². The number of alkyl halides is 2. The number of amides is 1. The van der Waals surface area contributed by atoms with E-state index < -0.39 is 26.4 Å². The van der Waals surface area contributed by atoms with Crippen molar-refractivity contribution in [2.45, 2.75) is 10.7 Å². The fraction of sp³-hybridized carbons (Fsp3) is 0.160. The summed E-state index contributed by atoms with van der Waals surface area (Å²) in [7, 11) is -4.75. The Morgan fingerprint density at radius 3 is 2.29 bits per heavy atom. The van der Waals surface area contributed by atoms with Crippen molar-refractivity contribution < 1.29 is 31.5 Å². The van der Waals surface area contributed by atoms with Gasteiger partial charge < -0.3 is 14.4 Å². The molecule has 0 unspecified atom stereocenters. The minimum Gasteiger partial charge on any atom is -0.486 e. The van der Waals surface area contributed by atoms with Crippen LogP contribution in [0.2, 0.25) is 0 Å². The molecule has 1 aliphatic heterocycles. The van der Waals surface area contributed by atoms with Crippen LogP contribution in [-0.2, 0) is 9.84 Å². The molecule has 0 atom stereocenters. The zero-order valence-electron chi connectivity index (χ0n) is 17.9. The number of sulfone groups is 1. The Kier molecular flexibility index (Phi) is 6.93. The zero-order valence-corrected chi connectivity index (χ0v) is 18.8. The molecule has 0 radical (unpaired) electrons. The zero-order chi connectivity index (χ0) is 24.1. The Labute approximate surface area is 196 Å². The minimum absolute atomic E-state index is 0.149. The van der Waals surface area contributed by atoms with Gasteiger partial charge in [-0.3, -0.25) is 4.79 Å². The van der Waals surface area contributed by atoms with Crippen molar-refractivity contribution in [3.8, 4) is 11.5 Å². The second-order valence-corrected chi connectivity index (χ2v) is 9.30. The maximum absolute atomic E-state index is 13.4. The molecule has 3 aromatic carbocycles. The Balaban J connectivity index is 1.64. The molecule has 1 aliphatic rings.